The second kappa shape index (κ2) is 3.98. The fourth-order valence-electron chi connectivity index (χ4n) is 1.23. The molecule has 0 aromatic heterocycles. The third-order valence-electron chi connectivity index (χ3n) is 2.30. The Balaban J connectivity index is 3.26. The zero-order valence-electron chi connectivity index (χ0n) is 7.70. The Morgan fingerprint density at radius 1 is 1.53 bits per heavy atom. The molecule has 0 aromatic rings. The minimum atomic E-state index is -1.30. The van der Waals surface area contributed by atoms with Gasteiger partial charge in [-0.1, -0.05) is 33.6 Å². The highest BCUT2D eigenvalue weighted by molar-refractivity contribution is 9.09. The van der Waals surface area contributed by atoms with Gasteiger partial charge < -0.3 is 10.2 Å². The van der Waals surface area contributed by atoms with Crippen LogP contribution >= 0.6 is 27.5 Å². The van der Waals surface area contributed by atoms with Gasteiger partial charge in [-0.25, -0.2) is 4.79 Å². The fraction of sp³-hybridized carbons (Fsp3) is 0.333. The Morgan fingerprint density at radius 2 is 2.07 bits per heavy atom. The van der Waals surface area contributed by atoms with E-state index in [1.807, 2.05) is 0 Å². The Labute approximate surface area is 99.4 Å². The number of aliphatic carboxylic acids is 2. The van der Waals surface area contributed by atoms with Gasteiger partial charge in [-0.05, 0) is 13.0 Å². The number of alkyl halides is 1. The van der Waals surface area contributed by atoms with Crippen LogP contribution < -0.4 is 0 Å². The minimum absolute atomic E-state index is 0.0445. The monoisotopic (exact) mass is 294 g/mol. The molecule has 4 nitrogen and oxygen atoms in total. The summed E-state index contributed by atoms with van der Waals surface area (Å²) in [5.74, 6) is -2.33. The molecular formula is C9H8BrClO4. The summed E-state index contributed by atoms with van der Waals surface area (Å²) >= 11 is 8.76. The van der Waals surface area contributed by atoms with Gasteiger partial charge in [0.25, 0.3) is 0 Å². The molecule has 0 aromatic carbocycles. The van der Waals surface area contributed by atoms with Crippen LogP contribution in [0, 0.1) is 5.41 Å². The molecule has 2 unspecified atom stereocenters. The van der Waals surface area contributed by atoms with Crippen LogP contribution in [-0.2, 0) is 9.59 Å². The van der Waals surface area contributed by atoms with Crippen molar-refractivity contribution in [3.05, 3.63) is 22.8 Å². The average Bonchev–Trinajstić information content (AvgIpc) is 2.11. The van der Waals surface area contributed by atoms with E-state index < -0.39 is 22.2 Å². The molecule has 2 atom stereocenters. The average molecular weight is 296 g/mol. The van der Waals surface area contributed by atoms with Gasteiger partial charge in [0.2, 0.25) is 0 Å². The zero-order chi connectivity index (χ0) is 11.8. The van der Waals surface area contributed by atoms with Gasteiger partial charge in [-0.2, -0.15) is 0 Å². The van der Waals surface area contributed by atoms with E-state index in [0.717, 1.165) is 0 Å². The lowest BCUT2D eigenvalue weighted by Crippen LogP contribution is -2.39. The molecule has 6 heteroatoms. The first kappa shape index (κ1) is 12.3. The summed E-state index contributed by atoms with van der Waals surface area (Å²) in [5.41, 5.74) is -1.43. The van der Waals surface area contributed by atoms with Crippen molar-refractivity contribution < 1.29 is 19.8 Å². The number of halogens is 2. The standard InChI is InChI=1S/C9H8BrClO4/c1-9(8(14)15)3-2-4(11)5(6(9)10)7(12)13/h2-3,6H,1H3,(H,12,13)(H,14,15). The number of carbonyl (C=O) groups is 2. The molecule has 0 saturated heterocycles. The van der Waals surface area contributed by atoms with Crippen LogP contribution in [0.25, 0.3) is 0 Å². The maximum atomic E-state index is 11.0. The summed E-state index contributed by atoms with van der Waals surface area (Å²) in [5, 5.41) is 18.0. The van der Waals surface area contributed by atoms with Gasteiger partial charge in [0.1, 0.15) is 5.41 Å². The van der Waals surface area contributed by atoms with Gasteiger partial charge in [0.05, 0.1) is 15.4 Å². The Morgan fingerprint density at radius 3 is 2.47 bits per heavy atom. The molecule has 82 valence electrons. The zero-order valence-corrected chi connectivity index (χ0v) is 10.0. The van der Waals surface area contributed by atoms with Crippen LogP contribution in [0.3, 0.4) is 0 Å². The number of hydrogen-bond acceptors (Lipinski definition) is 2. The van der Waals surface area contributed by atoms with Crippen molar-refractivity contribution >= 4 is 39.5 Å². The van der Waals surface area contributed by atoms with Crippen LogP contribution in [0.15, 0.2) is 22.8 Å². The van der Waals surface area contributed by atoms with E-state index >= 15 is 0 Å². The molecule has 15 heavy (non-hydrogen) atoms. The van der Waals surface area contributed by atoms with E-state index in [1.165, 1.54) is 19.1 Å². The van der Waals surface area contributed by atoms with Crippen molar-refractivity contribution in [3.8, 4) is 0 Å². The maximum Gasteiger partial charge on any atom is 0.334 e. The number of carboxylic acid groups (broad SMARTS) is 2. The molecular weight excluding hydrogens is 287 g/mol. The molecule has 0 saturated carbocycles. The topological polar surface area (TPSA) is 74.6 Å². The SMILES string of the molecule is CC1(C(=O)O)C=CC(Cl)=C(C(=O)O)C1Br. The first-order valence-corrected chi connectivity index (χ1v) is 5.29. The summed E-state index contributed by atoms with van der Waals surface area (Å²) in [7, 11) is 0. The normalized spacial score (nSPS) is 30.5. The molecule has 0 aliphatic heterocycles. The van der Waals surface area contributed by atoms with Gasteiger partial charge in [-0.3, -0.25) is 4.79 Å². The number of allylic oxidation sites excluding steroid dienone is 2. The summed E-state index contributed by atoms with van der Waals surface area (Å²) < 4.78 is 0. The third kappa shape index (κ3) is 1.94. The van der Waals surface area contributed by atoms with Crippen molar-refractivity contribution in [3.63, 3.8) is 0 Å². The maximum absolute atomic E-state index is 11.0. The van der Waals surface area contributed by atoms with Gasteiger partial charge in [0.15, 0.2) is 0 Å². The summed E-state index contributed by atoms with van der Waals surface area (Å²) in [6.45, 7) is 1.43. The van der Waals surface area contributed by atoms with Crippen molar-refractivity contribution in [2.75, 3.05) is 0 Å². The van der Waals surface area contributed by atoms with E-state index in [9.17, 15) is 9.59 Å². The Hall–Kier alpha value is -0.810. The molecule has 0 bridgehead atoms. The van der Waals surface area contributed by atoms with E-state index in [4.69, 9.17) is 21.8 Å². The molecule has 2 N–H and O–H groups in total. The van der Waals surface area contributed by atoms with Crippen LogP contribution in [0.2, 0.25) is 0 Å². The predicted molar refractivity (Wildman–Crippen MR) is 58.1 cm³/mol. The lowest BCUT2D eigenvalue weighted by molar-refractivity contribution is -0.145. The number of rotatable bonds is 2. The largest absolute Gasteiger partial charge is 0.481 e. The lowest BCUT2D eigenvalue weighted by atomic mass is 9.80. The highest BCUT2D eigenvalue weighted by atomic mass is 79.9. The molecule has 1 rings (SSSR count). The van der Waals surface area contributed by atoms with Crippen molar-refractivity contribution in [1.29, 1.82) is 0 Å². The quantitative estimate of drug-likeness (QED) is 0.764. The van der Waals surface area contributed by atoms with Crippen LogP contribution in [0.5, 0.6) is 0 Å². The van der Waals surface area contributed by atoms with Crippen molar-refractivity contribution in [2.24, 2.45) is 5.41 Å². The minimum Gasteiger partial charge on any atom is -0.481 e. The molecule has 0 spiro atoms. The van der Waals surface area contributed by atoms with Crippen molar-refractivity contribution in [1.82, 2.24) is 0 Å². The highest BCUT2D eigenvalue weighted by Crippen LogP contribution is 2.40. The van der Waals surface area contributed by atoms with Crippen LogP contribution in [-0.4, -0.2) is 27.0 Å². The molecule has 0 radical (unpaired) electrons. The first-order valence-electron chi connectivity index (χ1n) is 4.00. The number of hydrogen-bond donors (Lipinski definition) is 2. The Bertz CT molecular complexity index is 388. The Kier molecular flexibility index (Phi) is 3.25. The number of carboxylic acids is 2. The summed E-state index contributed by atoms with van der Waals surface area (Å²) in [4.78, 5) is 21.1. The van der Waals surface area contributed by atoms with Gasteiger partial charge in [-0.15, -0.1) is 0 Å². The van der Waals surface area contributed by atoms with Crippen LogP contribution in [0.1, 0.15) is 6.92 Å². The van der Waals surface area contributed by atoms with Crippen LogP contribution in [0.4, 0.5) is 0 Å². The first-order chi connectivity index (χ1) is 6.80. The van der Waals surface area contributed by atoms with E-state index in [1.54, 1.807) is 0 Å². The van der Waals surface area contributed by atoms with Gasteiger partial charge >= 0.3 is 11.9 Å². The highest BCUT2D eigenvalue weighted by Gasteiger charge is 2.44. The molecule has 0 amide bonds. The smallest absolute Gasteiger partial charge is 0.334 e. The lowest BCUT2D eigenvalue weighted by Gasteiger charge is -2.30. The second-order valence-electron chi connectivity index (χ2n) is 3.35. The predicted octanol–water partition coefficient (Wildman–Crippen LogP) is 1.99. The fourth-order valence-corrected chi connectivity index (χ4v) is 2.41. The summed E-state index contributed by atoms with van der Waals surface area (Å²) in [6, 6.07) is 0. The summed E-state index contributed by atoms with van der Waals surface area (Å²) in [6.07, 6.45) is 2.68. The molecule has 1 aliphatic carbocycles. The van der Waals surface area contributed by atoms with E-state index in [-0.39, 0.29) is 10.6 Å². The third-order valence-corrected chi connectivity index (χ3v) is 4.04. The molecule has 1 aliphatic rings. The molecule has 0 fully saturated rings. The second-order valence-corrected chi connectivity index (χ2v) is 4.67. The van der Waals surface area contributed by atoms with E-state index in [0.29, 0.717) is 0 Å². The molecule has 0 heterocycles. The van der Waals surface area contributed by atoms with Crippen molar-refractivity contribution in [2.45, 2.75) is 11.8 Å². The van der Waals surface area contributed by atoms with E-state index in [2.05, 4.69) is 15.9 Å². The van der Waals surface area contributed by atoms with Gasteiger partial charge in [0, 0.05) is 0 Å².